The molecule has 1 fully saturated rings. The second kappa shape index (κ2) is 6.16. The summed E-state index contributed by atoms with van der Waals surface area (Å²) in [5.41, 5.74) is 0.837. The molecular formula is C14H20FNO2. The minimum absolute atomic E-state index is 0.0852. The summed E-state index contributed by atoms with van der Waals surface area (Å²) in [4.78, 5) is 0. The average Bonchev–Trinajstić information content (AvgIpc) is 2.75. The van der Waals surface area contributed by atoms with Crippen LogP contribution in [0, 0.1) is 5.82 Å². The van der Waals surface area contributed by atoms with E-state index < -0.39 is 0 Å². The van der Waals surface area contributed by atoms with Gasteiger partial charge in [-0.2, -0.15) is 0 Å². The summed E-state index contributed by atoms with van der Waals surface area (Å²) in [6.45, 7) is 3.06. The molecule has 1 aliphatic rings. The maximum atomic E-state index is 13.7. The Balaban J connectivity index is 1.99. The molecule has 1 aliphatic heterocycles. The van der Waals surface area contributed by atoms with E-state index in [9.17, 15) is 4.39 Å². The van der Waals surface area contributed by atoms with Crippen molar-refractivity contribution in [3.05, 3.63) is 29.6 Å². The zero-order valence-electron chi connectivity index (χ0n) is 10.9. The number of para-hydroxylation sites is 1. The Labute approximate surface area is 107 Å². The molecule has 1 heterocycles. The first kappa shape index (κ1) is 13.3. The number of halogens is 1. The number of nitrogens with one attached hydrogen (secondary N) is 1. The van der Waals surface area contributed by atoms with Crippen LogP contribution >= 0.6 is 0 Å². The number of benzene rings is 1. The van der Waals surface area contributed by atoms with Gasteiger partial charge in [0.1, 0.15) is 6.61 Å². The molecule has 0 bridgehead atoms. The molecule has 0 saturated carbocycles. The second-order valence-electron chi connectivity index (χ2n) is 4.72. The van der Waals surface area contributed by atoms with Crippen LogP contribution in [0.2, 0.25) is 0 Å². The molecule has 2 unspecified atom stereocenters. The van der Waals surface area contributed by atoms with Crippen LogP contribution in [0.4, 0.5) is 4.39 Å². The highest BCUT2D eigenvalue weighted by atomic mass is 19.1. The lowest BCUT2D eigenvalue weighted by molar-refractivity contribution is 0.0254. The number of rotatable bonds is 5. The fourth-order valence-electron chi connectivity index (χ4n) is 2.23. The Morgan fingerprint density at radius 2 is 2.28 bits per heavy atom. The van der Waals surface area contributed by atoms with E-state index in [0.717, 1.165) is 18.4 Å². The van der Waals surface area contributed by atoms with Crippen LogP contribution < -0.4 is 10.1 Å². The molecule has 0 aliphatic carbocycles. The predicted molar refractivity (Wildman–Crippen MR) is 68.2 cm³/mol. The van der Waals surface area contributed by atoms with Crippen LogP contribution in [0.3, 0.4) is 0 Å². The molecule has 2 atom stereocenters. The molecule has 18 heavy (non-hydrogen) atoms. The highest BCUT2D eigenvalue weighted by Gasteiger charge is 2.23. The van der Waals surface area contributed by atoms with Gasteiger partial charge in [0, 0.05) is 12.1 Å². The summed E-state index contributed by atoms with van der Waals surface area (Å²) in [5, 5.41) is 3.01. The molecule has 1 saturated heterocycles. The molecule has 1 aromatic rings. The van der Waals surface area contributed by atoms with Gasteiger partial charge in [0.25, 0.3) is 0 Å². The Kier molecular flexibility index (Phi) is 4.55. The standard InChI is InChI=1S/C14H20FNO2/c1-10-6-7-12(18-10)9-17-14-11(8-16-2)4-3-5-13(14)15/h3-5,10,12,16H,6-9H2,1-2H3. The molecule has 0 aromatic heterocycles. The quantitative estimate of drug-likeness (QED) is 0.874. The van der Waals surface area contributed by atoms with Crippen molar-refractivity contribution in [2.75, 3.05) is 13.7 Å². The van der Waals surface area contributed by atoms with Crippen molar-refractivity contribution in [1.82, 2.24) is 5.32 Å². The van der Waals surface area contributed by atoms with Crippen molar-refractivity contribution in [1.29, 1.82) is 0 Å². The summed E-state index contributed by atoms with van der Waals surface area (Å²) < 4.78 is 25.0. The minimum Gasteiger partial charge on any atom is -0.487 e. The van der Waals surface area contributed by atoms with E-state index in [1.165, 1.54) is 6.07 Å². The SMILES string of the molecule is CNCc1cccc(F)c1OCC1CCC(C)O1. The zero-order chi connectivity index (χ0) is 13.0. The fraction of sp³-hybridized carbons (Fsp3) is 0.571. The smallest absolute Gasteiger partial charge is 0.165 e. The first-order valence-corrected chi connectivity index (χ1v) is 6.41. The van der Waals surface area contributed by atoms with Crippen LogP contribution in [0.1, 0.15) is 25.3 Å². The van der Waals surface area contributed by atoms with E-state index in [1.807, 2.05) is 13.1 Å². The molecule has 0 spiro atoms. The van der Waals surface area contributed by atoms with Gasteiger partial charge in [0.05, 0.1) is 12.2 Å². The lowest BCUT2D eigenvalue weighted by Gasteiger charge is -2.15. The normalized spacial score (nSPS) is 23.3. The molecular weight excluding hydrogens is 233 g/mol. The van der Waals surface area contributed by atoms with Gasteiger partial charge in [-0.15, -0.1) is 0 Å². The molecule has 100 valence electrons. The Hall–Kier alpha value is -1.13. The minimum atomic E-state index is -0.311. The topological polar surface area (TPSA) is 30.5 Å². The number of hydrogen-bond donors (Lipinski definition) is 1. The van der Waals surface area contributed by atoms with E-state index >= 15 is 0 Å². The van der Waals surface area contributed by atoms with Gasteiger partial charge in [-0.05, 0) is 32.9 Å². The zero-order valence-corrected chi connectivity index (χ0v) is 10.9. The van der Waals surface area contributed by atoms with Crippen molar-refractivity contribution < 1.29 is 13.9 Å². The lowest BCUT2D eigenvalue weighted by Crippen LogP contribution is -2.19. The van der Waals surface area contributed by atoms with E-state index in [1.54, 1.807) is 6.07 Å². The fourth-order valence-corrected chi connectivity index (χ4v) is 2.23. The third-order valence-corrected chi connectivity index (χ3v) is 3.15. The van der Waals surface area contributed by atoms with E-state index in [4.69, 9.17) is 9.47 Å². The second-order valence-corrected chi connectivity index (χ2v) is 4.72. The summed E-state index contributed by atoms with van der Waals surface area (Å²) in [5.74, 6) is 0.0313. The maximum absolute atomic E-state index is 13.7. The van der Waals surface area contributed by atoms with E-state index in [0.29, 0.717) is 18.9 Å². The van der Waals surface area contributed by atoms with Gasteiger partial charge in [0.15, 0.2) is 11.6 Å². The van der Waals surface area contributed by atoms with Crippen LogP contribution in [0.15, 0.2) is 18.2 Å². The largest absolute Gasteiger partial charge is 0.487 e. The molecule has 0 radical (unpaired) electrons. The maximum Gasteiger partial charge on any atom is 0.165 e. The Morgan fingerprint density at radius 3 is 2.94 bits per heavy atom. The van der Waals surface area contributed by atoms with E-state index in [2.05, 4.69) is 12.2 Å². The number of ether oxygens (including phenoxy) is 2. The van der Waals surface area contributed by atoms with Gasteiger partial charge < -0.3 is 14.8 Å². The van der Waals surface area contributed by atoms with Crippen molar-refractivity contribution in [3.63, 3.8) is 0 Å². The molecule has 1 aromatic carbocycles. The monoisotopic (exact) mass is 253 g/mol. The first-order chi connectivity index (χ1) is 8.70. The van der Waals surface area contributed by atoms with Gasteiger partial charge >= 0.3 is 0 Å². The van der Waals surface area contributed by atoms with Crippen molar-refractivity contribution in [2.24, 2.45) is 0 Å². The van der Waals surface area contributed by atoms with Crippen LogP contribution in [0.5, 0.6) is 5.75 Å². The van der Waals surface area contributed by atoms with Gasteiger partial charge in [-0.3, -0.25) is 0 Å². The average molecular weight is 253 g/mol. The van der Waals surface area contributed by atoms with Gasteiger partial charge in [-0.1, -0.05) is 12.1 Å². The van der Waals surface area contributed by atoms with Crippen LogP contribution in [-0.4, -0.2) is 25.9 Å². The molecule has 2 rings (SSSR count). The van der Waals surface area contributed by atoms with E-state index in [-0.39, 0.29) is 18.0 Å². The van der Waals surface area contributed by atoms with Crippen molar-refractivity contribution >= 4 is 0 Å². The number of hydrogen-bond acceptors (Lipinski definition) is 3. The van der Waals surface area contributed by atoms with Crippen LogP contribution in [-0.2, 0) is 11.3 Å². The summed E-state index contributed by atoms with van der Waals surface area (Å²) in [6.07, 6.45) is 2.41. The predicted octanol–water partition coefficient (Wildman–Crippen LogP) is 2.49. The van der Waals surface area contributed by atoms with Crippen molar-refractivity contribution in [2.45, 2.75) is 38.5 Å². The highest BCUT2D eigenvalue weighted by molar-refractivity contribution is 5.34. The first-order valence-electron chi connectivity index (χ1n) is 6.41. The Morgan fingerprint density at radius 1 is 1.44 bits per heavy atom. The summed E-state index contributed by atoms with van der Waals surface area (Å²) in [7, 11) is 1.83. The molecule has 0 amide bonds. The Bertz CT molecular complexity index is 397. The third kappa shape index (κ3) is 3.21. The van der Waals surface area contributed by atoms with Gasteiger partial charge in [-0.25, -0.2) is 4.39 Å². The lowest BCUT2D eigenvalue weighted by atomic mass is 10.2. The van der Waals surface area contributed by atoms with Gasteiger partial charge in [0.2, 0.25) is 0 Å². The highest BCUT2D eigenvalue weighted by Crippen LogP contribution is 2.25. The molecule has 1 N–H and O–H groups in total. The van der Waals surface area contributed by atoms with Crippen molar-refractivity contribution in [3.8, 4) is 5.75 Å². The molecule has 4 heteroatoms. The van der Waals surface area contributed by atoms with Crippen LogP contribution in [0.25, 0.3) is 0 Å². The summed E-state index contributed by atoms with van der Waals surface area (Å²) in [6, 6.07) is 4.99. The molecule has 3 nitrogen and oxygen atoms in total. The third-order valence-electron chi connectivity index (χ3n) is 3.15. The summed E-state index contributed by atoms with van der Waals surface area (Å²) >= 11 is 0.